The molecule has 0 radical (unpaired) electrons. The Balaban J connectivity index is 1.64. The van der Waals surface area contributed by atoms with Crippen LogP contribution in [0.4, 0.5) is 18.9 Å². The number of amides is 1. The van der Waals surface area contributed by atoms with Gasteiger partial charge in [-0.2, -0.15) is 0 Å². The summed E-state index contributed by atoms with van der Waals surface area (Å²) in [7, 11) is 0. The highest BCUT2D eigenvalue weighted by Gasteiger charge is 2.16. The first-order valence-electron chi connectivity index (χ1n) is 7.25. The fraction of sp³-hybridized carbons (Fsp3) is 0.0556. The van der Waals surface area contributed by atoms with Crippen LogP contribution >= 0.6 is 0 Å². The maximum atomic E-state index is 13.5. The molecule has 1 N–H and O–H groups in total. The molecule has 7 heteroatoms. The van der Waals surface area contributed by atoms with Crippen molar-refractivity contribution >= 4 is 11.6 Å². The molecule has 0 atom stereocenters. The monoisotopic (exact) mass is 347 g/mol. The number of carbonyl (C=O) groups is 1. The first-order chi connectivity index (χ1) is 12.0. The third kappa shape index (κ3) is 4.00. The molecule has 0 aliphatic carbocycles. The molecule has 128 valence electrons. The maximum Gasteiger partial charge on any atom is 0.291 e. The van der Waals surface area contributed by atoms with Crippen LogP contribution in [0.15, 0.2) is 59.0 Å². The fourth-order valence-electron chi connectivity index (χ4n) is 2.06. The van der Waals surface area contributed by atoms with E-state index in [4.69, 9.17) is 9.15 Å². The van der Waals surface area contributed by atoms with Crippen LogP contribution in [0.2, 0.25) is 0 Å². The van der Waals surface area contributed by atoms with E-state index >= 15 is 0 Å². The molecule has 0 spiro atoms. The topological polar surface area (TPSA) is 51.5 Å². The van der Waals surface area contributed by atoms with Gasteiger partial charge in [-0.3, -0.25) is 4.79 Å². The lowest BCUT2D eigenvalue weighted by Crippen LogP contribution is -2.13. The normalized spacial score (nSPS) is 10.5. The Morgan fingerprint density at radius 2 is 1.64 bits per heavy atom. The zero-order valence-corrected chi connectivity index (χ0v) is 12.8. The Morgan fingerprint density at radius 1 is 0.960 bits per heavy atom. The molecule has 1 amide bonds. The third-order valence-corrected chi connectivity index (χ3v) is 3.28. The van der Waals surface area contributed by atoms with Crippen LogP contribution in [-0.4, -0.2) is 5.91 Å². The predicted molar refractivity (Wildman–Crippen MR) is 83.8 cm³/mol. The zero-order chi connectivity index (χ0) is 17.8. The number of hydrogen-bond donors (Lipinski definition) is 1. The maximum absolute atomic E-state index is 13.5. The second-order valence-electron chi connectivity index (χ2n) is 5.06. The minimum absolute atomic E-state index is 0.00692. The highest BCUT2D eigenvalue weighted by Crippen LogP contribution is 2.20. The van der Waals surface area contributed by atoms with Gasteiger partial charge < -0.3 is 14.5 Å². The van der Waals surface area contributed by atoms with Gasteiger partial charge in [-0.25, -0.2) is 13.2 Å². The van der Waals surface area contributed by atoms with Gasteiger partial charge in [0.15, 0.2) is 5.76 Å². The number of para-hydroxylation sites is 1. The van der Waals surface area contributed by atoms with Crippen LogP contribution in [0.5, 0.6) is 5.75 Å². The number of halogens is 3. The van der Waals surface area contributed by atoms with Gasteiger partial charge in [0.1, 0.15) is 41.3 Å². The van der Waals surface area contributed by atoms with Gasteiger partial charge in [0, 0.05) is 0 Å². The van der Waals surface area contributed by atoms with E-state index < -0.39 is 23.2 Å². The molecule has 0 saturated heterocycles. The van der Waals surface area contributed by atoms with E-state index in [1.807, 2.05) is 0 Å². The quantitative estimate of drug-likeness (QED) is 0.738. The Morgan fingerprint density at radius 3 is 2.32 bits per heavy atom. The number of ether oxygens (including phenoxy) is 1. The first-order valence-corrected chi connectivity index (χ1v) is 7.25. The highest BCUT2D eigenvalue weighted by atomic mass is 19.1. The number of carbonyl (C=O) groups excluding carboxylic acids is 1. The number of rotatable bonds is 5. The summed E-state index contributed by atoms with van der Waals surface area (Å²) in [5.41, 5.74) is -0.548. The largest absolute Gasteiger partial charge is 0.486 e. The van der Waals surface area contributed by atoms with Crippen LogP contribution < -0.4 is 10.1 Å². The second-order valence-corrected chi connectivity index (χ2v) is 5.06. The molecule has 0 bridgehead atoms. The van der Waals surface area contributed by atoms with Gasteiger partial charge in [0.05, 0.1) is 0 Å². The Kier molecular flexibility index (Phi) is 4.74. The third-order valence-electron chi connectivity index (χ3n) is 3.28. The summed E-state index contributed by atoms with van der Waals surface area (Å²) in [5, 5.41) is 2.12. The Labute approximate surface area is 140 Å². The zero-order valence-electron chi connectivity index (χ0n) is 12.8. The standard InChI is InChI=1S/C18H12F3NO3/c19-11-4-6-12(7-5-11)24-10-13-8-9-16(25-13)18(23)22-17-14(20)2-1-3-15(17)21/h1-9H,10H2,(H,22,23). The van der Waals surface area contributed by atoms with Crippen LogP contribution in [0.1, 0.15) is 16.3 Å². The average Bonchev–Trinajstić information content (AvgIpc) is 3.07. The summed E-state index contributed by atoms with van der Waals surface area (Å²) < 4.78 is 50.6. The van der Waals surface area contributed by atoms with Gasteiger partial charge in [-0.05, 0) is 48.5 Å². The molecule has 0 saturated carbocycles. The van der Waals surface area contributed by atoms with Crippen LogP contribution in [0, 0.1) is 17.5 Å². The molecule has 3 aromatic rings. The predicted octanol–water partition coefficient (Wildman–Crippen LogP) is 4.53. The molecular formula is C18H12F3NO3. The molecule has 2 aromatic carbocycles. The number of anilines is 1. The Hall–Kier alpha value is -3.22. The lowest BCUT2D eigenvalue weighted by Gasteiger charge is -2.06. The van der Waals surface area contributed by atoms with Crippen molar-refractivity contribution in [3.63, 3.8) is 0 Å². The molecule has 0 unspecified atom stereocenters. The lowest BCUT2D eigenvalue weighted by molar-refractivity contribution is 0.0991. The molecule has 0 aliphatic rings. The second kappa shape index (κ2) is 7.12. The van der Waals surface area contributed by atoms with Crippen LogP contribution in [0.3, 0.4) is 0 Å². The van der Waals surface area contributed by atoms with Gasteiger partial charge in [0.25, 0.3) is 5.91 Å². The van der Waals surface area contributed by atoms with Crippen molar-refractivity contribution in [2.75, 3.05) is 5.32 Å². The smallest absolute Gasteiger partial charge is 0.291 e. The van der Waals surface area contributed by atoms with Crippen molar-refractivity contribution in [3.05, 3.63) is 83.6 Å². The van der Waals surface area contributed by atoms with Crippen molar-refractivity contribution in [1.29, 1.82) is 0 Å². The molecule has 0 aliphatic heterocycles. The minimum atomic E-state index is -0.889. The summed E-state index contributed by atoms with van der Waals surface area (Å²) in [6.45, 7) is 0.00692. The van der Waals surface area contributed by atoms with Crippen molar-refractivity contribution in [2.45, 2.75) is 6.61 Å². The molecular weight excluding hydrogens is 335 g/mol. The average molecular weight is 347 g/mol. The molecule has 0 fully saturated rings. The van der Waals surface area contributed by atoms with Crippen molar-refractivity contribution < 1.29 is 27.1 Å². The van der Waals surface area contributed by atoms with E-state index in [0.29, 0.717) is 11.5 Å². The first kappa shape index (κ1) is 16.6. The molecule has 3 rings (SSSR count). The molecule has 1 heterocycles. The van der Waals surface area contributed by atoms with Crippen molar-refractivity contribution in [3.8, 4) is 5.75 Å². The van der Waals surface area contributed by atoms with E-state index in [-0.39, 0.29) is 18.2 Å². The van der Waals surface area contributed by atoms with Crippen LogP contribution in [-0.2, 0) is 6.61 Å². The van der Waals surface area contributed by atoms with Crippen molar-refractivity contribution in [1.82, 2.24) is 0 Å². The van der Waals surface area contributed by atoms with E-state index in [1.165, 1.54) is 42.5 Å². The van der Waals surface area contributed by atoms with E-state index in [1.54, 1.807) is 0 Å². The van der Waals surface area contributed by atoms with Crippen LogP contribution in [0.25, 0.3) is 0 Å². The van der Waals surface area contributed by atoms with E-state index in [9.17, 15) is 18.0 Å². The minimum Gasteiger partial charge on any atom is -0.486 e. The summed E-state index contributed by atoms with van der Waals surface area (Å²) in [4.78, 5) is 12.0. The van der Waals surface area contributed by atoms with Gasteiger partial charge >= 0.3 is 0 Å². The Bertz CT molecular complexity index is 871. The van der Waals surface area contributed by atoms with Gasteiger partial charge in [0.2, 0.25) is 0 Å². The number of nitrogens with one attached hydrogen (secondary N) is 1. The summed E-state index contributed by atoms with van der Waals surface area (Å²) in [5.74, 6) is -2.33. The lowest BCUT2D eigenvalue weighted by atomic mass is 10.3. The molecule has 1 aromatic heterocycles. The summed E-state index contributed by atoms with van der Waals surface area (Å²) in [6, 6.07) is 11.5. The van der Waals surface area contributed by atoms with E-state index in [0.717, 1.165) is 12.1 Å². The SMILES string of the molecule is O=C(Nc1c(F)cccc1F)c1ccc(COc2ccc(F)cc2)o1. The van der Waals surface area contributed by atoms with Gasteiger partial charge in [-0.15, -0.1) is 0 Å². The molecule has 4 nitrogen and oxygen atoms in total. The fourth-order valence-corrected chi connectivity index (χ4v) is 2.06. The molecule has 25 heavy (non-hydrogen) atoms. The number of furan rings is 1. The van der Waals surface area contributed by atoms with Gasteiger partial charge in [-0.1, -0.05) is 6.07 Å². The summed E-state index contributed by atoms with van der Waals surface area (Å²) >= 11 is 0. The summed E-state index contributed by atoms with van der Waals surface area (Å²) in [6.07, 6.45) is 0. The van der Waals surface area contributed by atoms with Crippen molar-refractivity contribution in [2.24, 2.45) is 0 Å². The van der Waals surface area contributed by atoms with E-state index in [2.05, 4.69) is 5.32 Å². The number of benzene rings is 2. The highest BCUT2D eigenvalue weighted by molar-refractivity contribution is 6.02. The number of hydrogen-bond acceptors (Lipinski definition) is 3.